The van der Waals surface area contributed by atoms with Crippen molar-refractivity contribution in [2.24, 2.45) is 16.6 Å². The van der Waals surface area contributed by atoms with Gasteiger partial charge in [-0.15, -0.1) is 24.0 Å². The molecule has 0 spiro atoms. The molecule has 3 N–H and O–H groups in total. The van der Waals surface area contributed by atoms with E-state index in [-0.39, 0.29) is 41.8 Å². The fourth-order valence-electron chi connectivity index (χ4n) is 1.75. The number of rotatable bonds is 7. The summed E-state index contributed by atoms with van der Waals surface area (Å²) >= 11 is 0. The lowest BCUT2D eigenvalue weighted by atomic mass is 10.2. The summed E-state index contributed by atoms with van der Waals surface area (Å²) in [5, 5.41) is 2.89. The smallest absolute Gasteiger partial charge is 0.310 e. The lowest BCUT2D eigenvalue weighted by Gasteiger charge is -2.11. The molecule has 0 aromatic heterocycles. The molecule has 7 nitrogen and oxygen atoms in total. The number of aliphatic imine (C=N–C) groups is 1. The van der Waals surface area contributed by atoms with E-state index in [2.05, 4.69) is 15.0 Å². The third-order valence-corrected chi connectivity index (χ3v) is 3.07. The third kappa shape index (κ3) is 6.93. The first-order chi connectivity index (χ1) is 10.5. The molecule has 1 rings (SSSR count). The van der Waals surface area contributed by atoms with Crippen LogP contribution in [0.5, 0.6) is 11.5 Å². The van der Waals surface area contributed by atoms with Crippen molar-refractivity contribution in [3.63, 3.8) is 0 Å². The molecule has 0 aliphatic rings. The molecule has 0 saturated heterocycles. The molecular weight excluding hydrogens is 413 g/mol. The molecule has 8 heteroatoms. The summed E-state index contributed by atoms with van der Waals surface area (Å²) in [6.45, 7) is 2.51. The zero-order chi connectivity index (χ0) is 16.5. The number of benzene rings is 1. The fourth-order valence-corrected chi connectivity index (χ4v) is 1.75. The second kappa shape index (κ2) is 10.9. The minimum Gasteiger partial charge on any atom is -0.493 e. The standard InChI is InChI=1S/C15H23N3O4.HI/c1-10(14(19)22-4)8-17-15(16)18-9-11-5-6-12(20-2)13(7-11)21-3;/h5-7,10H,8-9H2,1-4H3,(H3,16,17,18);1H. The second-order valence-electron chi connectivity index (χ2n) is 4.70. The molecule has 130 valence electrons. The highest BCUT2D eigenvalue weighted by atomic mass is 127. The quantitative estimate of drug-likeness (QED) is 0.291. The number of nitrogens with two attached hydrogens (primary N) is 1. The summed E-state index contributed by atoms with van der Waals surface area (Å²) in [6.07, 6.45) is 0. The topological polar surface area (TPSA) is 95.2 Å². The molecule has 0 saturated carbocycles. The average Bonchev–Trinajstić information content (AvgIpc) is 2.56. The number of carbonyl (C=O) groups is 1. The maximum absolute atomic E-state index is 11.3. The number of halogens is 1. The van der Waals surface area contributed by atoms with Crippen molar-refractivity contribution in [3.8, 4) is 11.5 Å². The maximum atomic E-state index is 11.3. The van der Waals surface area contributed by atoms with Gasteiger partial charge in [0.15, 0.2) is 17.5 Å². The first-order valence-electron chi connectivity index (χ1n) is 6.84. The summed E-state index contributed by atoms with van der Waals surface area (Å²) in [5.41, 5.74) is 6.70. The number of hydrogen-bond donors (Lipinski definition) is 2. The molecule has 1 unspecified atom stereocenters. The Labute approximate surface area is 153 Å². The van der Waals surface area contributed by atoms with Crippen LogP contribution in [0.25, 0.3) is 0 Å². The normalized spacial score (nSPS) is 11.9. The maximum Gasteiger partial charge on any atom is 0.310 e. The van der Waals surface area contributed by atoms with Gasteiger partial charge in [-0.1, -0.05) is 13.0 Å². The number of nitrogens with zero attached hydrogens (tertiary/aromatic N) is 1. The van der Waals surface area contributed by atoms with Gasteiger partial charge in [0.1, 0.15) is 0 Å². The van der Waals surface area contributed by atoms with Gasteiger partial charge in [0.25, 0.3) is 0 Å². The summed E-state index contributed by atoms with van der Waals surface area (Å²) in [4.78, 5) is 15.5. The van der Waals surface area contributed by atoms with Gasteiger partial charge in [-0.25, -0.2) is 4.99 Å². The van der Waals surface area contributed by atoms with Gasteiger partial charge >= 0.3 is 5.97 Å². The Morgan fingerprint density at radius 3 is 2.48 bits per heavy atom. The Morgan fingerprint density at radius 1 is 1.26 bits per heavy atom. The summed E-state index contributed by atoms with van der Waals surface area (Å²) in [6, 6.07) is 5.54. The summed E-state index contributed by atoms with van der Waals surface area (Å²) < 4.78 is 15.0. The predicted molar refractivity (Wildman–Crippen MR) is 99.5 cm³/mol. The monoisotopic (exact) mass is 437 g/mol. The predicted octanol–water partition coefficient (Wildman–Crippen LogP) is 1.54. The van der Waals surface area contributed by atoms with Gasteiger partial charge in [-0.3, -0.25) is 4.79 Å². The molecule has 0 aliphatic carbocycles. The van der Waals surface area contributed by atoms with Crippen LogP contribution in [0, 0.1) is 5.92 Å². The second-order valence-corrected chi connectivity index (χ2v) is 4.70. The van der Waals surface area contributed by atoms with E-state index in [0.717, 1.165) is 5.56 Å². The highest BCUT2D eigenvalue weighted by Gasteiger charge is 2.12. The van der Waals surface area contributed by atoms with Gasteiger partial charge in [-0.2, -0.15) is 0 Å². The van der Waals surface area contributed by atoms with Crippen LogP contribution < -0.4 is 20.5 Å². The molecule has 1 aromatic rings. The highest BCUT2D eigenvalue weighted by molar-refractivity contribution is 14.0. The first-order valence-corrected chi connectivity index (χ1v) is 6.84. The largest absolute Gasteiger partial charge is 0.493 e. The van der Waals surface area contributed by atoms with Crippen molar-refractivity contribution in [2.45, 2.75) is 13.5 Å². The van der Waals surface area contributed by atoms with Crippen LogP contribution in [0.4, 0.5) is 0 Å². The van der Waals surface area contributed by atoms with E-state index >= 15 is 0 Å². The van der Waals surface area contributed by atoms with Gasteiger partial charge in [0.2, 0.25) is 0 Å². The number of ether oxygens (including phenoxy) is 3. The van der Waals surface area contributed by atoms with Gasteiger partial charge in [-0.05, 0) is 17.7 Å². The molecule has 23 heavy (non-hydrogen) atoms. The van der Waals surface area contributed by atoms with E-state index in [0.29, 0.717) is 24.6 Å². The third-order valence-electron chi connectivity index (χ3n) is 3.07. The molecular formula is C15H24IN3O4. The molecule has 1 atom stereocenters. The first kappa shape index (κ1) is 21.3. The van der Waals surface area contributed by atoms with Crippen LogP contribution in [0.3, 0.4) is 0 Å². The Bertz CT molecular complexity index is 537. The number of carbonyl (C=O) groups excluding carboxylic acids is 1. The van der Waals surface area contributed by atoms with Gasteiger partial charge in [0.05, 0.1) is 33.8 Å². The lowest BCUT2D eigenvalue weighted by Crippen LogP contribution is -2.37. The molecule has 0 heterocycles. The van der Waals surface area contributed by atoms with Crippen molar-refractivity contribution in [1.82, 2.24) is 5.32 Å². The highest BCUT2D eigenvalue weighted by Crippen LogP contribution is 2.27. The molecule has 0 radical (unpaired) electrons. The van der Waals surface area contributed by atoms with Crippen molar-refractivity contribution in [2.75, 3.05) is 27.9 Å². The fraction of sp³-hybridized carbons (Fsp3) is 0.467. The van der Waals surface area contributed by atoms with Crippen molar-refractivity contribution in [3.05, 3.63) is 23.8 Å². The molecule has 0 fully saturated rings. The van der Waals surface area contributed by atoms with Crippen LogP contribution in [-0.4, -0.2) is 39.8 Å². The van der Waals surface area contributed by atoms with Crippen LogP contribution >= 0.6 is 24.0 Å². The SMILES string of the molecule is COC(=O)C(C)CNC(N)=NCc1ccc(OC)c(OC)c1.I. The van der Waals surface area contributed by atoms with Crippen LogP contribution in [0.1, 0.15) is 12.5 Å². The number of methoxy groups -OCH3 is 3. The molecule has 1 aromatic carbocycles. The summed E-state index contributed by atoms with van der Waals surface area (Å²) in [5.74, 6) is 0.986. The minimum atomic E-state index is -0.292. The van der Waals surface area contributed by atoms with Crippen molar-refractivity contribution < 1.29 is 19.0 Å². The van der Waals surface area contributed by atoms with Gasteiger partial charge < -0.3 is 25.3 Å². The average molecular weight is 437 g/mol. The number of esters is 1. The van der Waals surface area contributed by atoms with Crippen molar-refractivity contribution in [1.29, 1.82) is 0 Å². The summed E-state index contributed by atoms with van der Waals surface area (Å²) in [7, 11) is 4.52. The Kier molecular flexibility index (Phi) is 10.1. The van der Waals surface area contributed by atoms with E-state index in [1.807, 2.05) is 18.2 Å². The molecule has 0 bridgehead atoms. The van der Waals surface area contributed by atoms with Crippen LogP contribution in [0.2, 0.25) is 0 Å². The Morgan fingerprint density at radius 2 is 1.91 bits per heavy atom. The minimum absolute atomic E-state index is 0. The lowest BCUT2D eigenvalue weighted by molar-refractivity contribution is -0.144. The van der Waals surface area contributed by atoms with Crippen molar-refractivity contribution >= 4 is 35.9 Å². The Hall–Kier alpha value is -1.71. The van der Waals surface area contributed by atoms with E-state index < -0.39 is 0 Å². The van der Waals surface area contributed by atoms with E-state index in [1.54, 1.807) is 21.1 Å². The number of nitrogens with one attached hydrogen (secondary N) is 1. The van der Waals surface area contributed by atoms with E-state index in [1.165, 1.54) is 7.11 Å². The van der Waals surface area contributed by atoms with Gasteiger partial charge in [0, 0.05) is 6.54 Å². The zero-order valence-electron chi connectivity index (χ0n) is 13.8. The number of hydrogen-bond acceptors (Lipinski definition) is 5. The zero-order valence-corrected chi connectivity index (χ0v) is 16.1. The van der Waals surface area contributed by atoms with E-state index in [4.69, 9.17) is 15.2 Å². The molecule has 0 aliphatic heterocycles. The Balaban J connectivity index is 0.00000484. The molecule has 0 amide bonds. The number of guanidine groups is 1. The van der Waals surface area contributed by atoms with Crippen LogP contribution in [0.15, 0.2) is 23.2 Å². The van der Waals surface area contributed by atoms with E-state index in [9.17, 15) is 4.79 Å². The van der Waals surface area contributed by atoms with Crippen LogP contribution in [-0.2, 0) is 16.1 Å².